The van der Waals surface area contributed by atoms with E-state index in [0.29, 0.717) is 0 Å². The third kappa shape index (κ3) is 2.55. The lowest BCUT2D eigenvalue weighted by molar-refractivity contribution is 0.662. The van der Waals surface area contributed by atoms with Crippen LogP contribution in [0.25, 0.3) is 5.78 Å². The second kappa shape index (κ2) is 4.91. The molecule has 80 valence electrons. The predicted octanol–water partition coefficient (Wildman–Crippen LogP) is 2.85. The van der Waals surface area contributed by atoms with Crippen LogP contribution in [0.2, 0.25) is 0 Å². The molecule has 2 heterocycles. The van der Waals surface area contributed by atoms with E-state index < -0.39 is 0 Å². The van der Waals surface area contributed by atoms with Crippen molar-refractivity contribution < 1.29 is 0 Å². The largest absolute Gasteiger partial charge is 0.291 e. The highest BCUT2D eigenvalue weighted by molar-refractivity contribution is 5.29. The summed E-state index contributed by atoms with van der Waals surface area (Å²) in [5.41, 5.74) is 1.16. The molecule has 0 unspecified atom stereocenters. The molecule has 0 bridgehead atoms. The molecule has 2 rings (SSSR count). The monoisotopic (exact) mass is 203 g/mol. The highest BCUT2D eigenvalue weighted by Gasteiger charge is 2.00. The zero-order valence-electron chi connectivity index (χ0n) is 9.19. The Morgan fingerprint density at radius 1 is 1.27 bits per heavy atom. The molecule has 0 aliphatic heterocycles. The van der Waals surface area contributed by atoms with Crippen molar-refractivity contribution in [3.05, 3.63) is 30.4 Å². The molecule has 0 radical (unpaired) electrons. The van der Waals surface area contributed by atoms with E-state index in [1.807, 2.05) is 16.7 Å². The van der Waals surface area contributed by atoms with Crippen LogP contribution < -0.4 is 0 Å². The van der Waals surface area contributed by atoms with E-state index in [9.17, 15) is 0 Å². The zero-order valence-corrected chi connectivity index (χ0v) is 9.19. The van der Waals surface area contributed by atoms with Gasteiger partial charge in [0.05, 0.1) is 5.69 Å². The summed E-state index contributed by atoms with van der Waals surface area (Å²) in [4.78, 5) is 8.66. The summed E-state index contributed by atoms with van der Waals surface area (Å²) in [7, 11) is 0. The van der Waals surface area contributed by atoms with Gasteiger partial charge in [-0.3, -0.25) is 4.40 Å². The summed E-state index contributed by atoms with van der Waals surface area (Å²) >= 11 is 0. The van der Waals surface area contributed by atoms with Crippen molar-refractivity contribution >= 4 is 5.78 Å². The third-order valence-electron chi connectivity index (χ3n) is 2.57. The smallest absolute Gasteiger partial charge is 0.233 e. The Labute approximate surface area is 90.2 Å². The van der Waals surface area contributed by atoms with Gasteiger partial charge in [0.1, 0.15) is 0 Å². The number of hydrogen-bond donors (Lipinski definition) is 0. The Hall–Kier alpha value is -1.38. The van der Waals surface area contributed by atoms with E-state index in [4.69, 9.17) is 0 Å². The van der Waals surface area contributed by atoms with Gasteiger partial charge in [-0.05, 0) is 18.9 Å². The minimum atomic E-state index is 0.808. The van der Waals surface area contributed by atoms with E-state index in [1.165, 1.54) is 25.7 Å². The van der Waals surface area contributed by atoms with Crippen molar-refractivity contribution in [2.75, 3.05) is 0 Å². The first kappa shape index (κ1) is 10.1. The number of unbranched alkanes of at least 4 members (excludes halogenated alkanes) is 3. The van der Waals surface area contributed by atoms with Crippen LogP contribution in [0.1, 0.15) is 38.3 Å². The van der Waals surface area contributed by atoms with E-state index >= 15 is 0 Å². The van der Waals surface area contributed by atoms with Gasteiger partial charge in [-0.15, -0.1) is 0 Å². The van der Waals surface area contributed by atoms with Crippen LogP contribution in [0.5, 0.6) is 0 Å². The normalized spacial score (nSPS) is 11.0. The first-order valence-electron chi connectivity index (χ1n) is 5.69. The number of nitrogens with zero attached hydrogens (tertiary/aromatic N) is 3. The third-order valence-corrected chi connectivity index (χ3v) is 2.57. The molecule has 0 N–H and O–H groups in total. The maximum atomic E-state index is 4.46. The van der Waals surface area contributed by atoms with E-state index in [1.54, 1.807) is 6.20 Å². The molecule has 0 fully saturated rings. The Morgan fingerprint density at radius 2 is 2.20 bits per heavy atom. The highest BCUT2D eigenvalue weighted by Crippen LogP contribution is 2.07. The van der Waals surface area contributed by atoms with Crippen LogP contribution >= 0.6 is 0 Å². The lowest BCUT2D eigenvalue weighted by Crippen LogP contribution is -1.85. The predicted molar refractivity (Wildman–Crippen MR) is 60.8 cm³/mol. The minimum absolute atomic E-state index is 0.808. The SMILES string of the molecule is CCCCCCc1cn2cccnc2n1. The summed E-state index contributed by atoms with van der Waals surface area (Å²) in [6.07, 6.45) is 12.1. The van der Waals surface area contributed by atoms with E-state index in [2.05, 4.69) is 23.1 Å². The van der Waals surface area contributed by atoms with Crippen LogP contribution in [-0.4, -0.2) is 14.4 Å². The molecule has 0 aromatic carbocycles. The van der Waals surface area contributed by atoms with Crippen LogP contribution in [0.3, 0.4) is 0 Å². The fourth-order valence-corrected chi connectivity index (χ4v) is 1.73. The molecule has 2 aromatic heterocycles. The lowest BCUT2D eigenvalue weighted by Gasteiger charge is -1.95. The summed E-state index contributed by atoms with van der Waals surface area (Å²) in [6, 6.07) is 1.93. The molecule has 0 aliphatic carbocycles. The van der Waals surface area contributed by atoms with Crippen LogP contribution in [0.15, 0.2) is 24.7 Å². The van der Waals surface area contributed by atoms with Crippen molar-refractivity contribution in [2.45, 2.75) is 39.0 Å². The van der Waals surface area contributed by atoms with Gasteiger partial charge in [0.25, 0.3) is 0 Å². The van der Waals surface area contributed by atoms with Crippen LogP contribution in [0, 0.1) is 0 Å². The summed E-state index contributed by atoms with van der Waals surface area (Å²) < 4.78 is 1.98. The van der Waals surface area contributed by atoms with Crippen molar-refractivity contribution in [2.24, 2.45) is 0 Å². The van der Waals surface area contributed by atoms with Gasteiger partial charge in [0.15, 0.2) is 0 Å². The second-order valence-corrected chi connectivity index (χ2v) is 3.87. The molecule has 3 nitrogen and oxygen atoms in total. The molecule has 0 saturated heterocycles. The van der Waals surface area contributed by atoms with Gasteiger partial charge in [-0.1, -0.05) is 26.2 Å². The van der Waals surface area contributed by atoms with Crippen molar-refractivity contribution in [1.29, 1.82) is 0 Å². The quantitative estimate of drug-likeness (QED) is 0.699. The zero-order chi connectivity index (χ0) is 10.5. The first-order chi connectivity index (χ1) is 7.40. The van der Waals surface area contributed by atoms with Crippen LogP contribution in [0.4, 0.5) is 0 Å². The number of rotatable bonds is 5. The van der Waals surface area contributed by atoms with Gasteiger partial charge in [0, 0.05) is 18.6 Å². The average Bonchev–Trinajstić information content (AvgIpc) is 2.67. The number of fused-ring (bicyclic) bond motifs is 1. The maximum Gasteiger partial charge on any atom is 0.233 e. The van der Waals surface area contributed by atoms with E-state index in [-0.39, 0.29) is 0 Å². The molecular weight excluding hydrogens is 186 g/mol. The molecular formula is C12H17N3. The first-order valence-corrected chi connectivity index (χ1v) is 5.69. The molecule has 0 amide bonds. The Kier molecular flexibility index (Phi) is 3.33. The molecule has 0 atom stereocenters. The number of imidazole rings is 1. The summed E-state index contributed by atoms with van der Waals surface area (Å²) in [6.45, 7) is 2.23. The van der Waals surface area contributed by atoms with Gasteiger partial charge in [-0.2, -0.15) is 0 Å². The fraction of sp³-hybridized carbons (Fsp3) is 0.500. The van der Waals surface area contributed by atoms with Crippen molar-refractivity contribution in [3.63, 3.8) is 0 Å². The van der Waals surface area contributed by atoms with Gasteiger partial charge in [0.2, 0.25) is 5.78 Å². The standard InChI is InChI=1S/C12H17N3/c1-2-3-4-5-7-11-10-15-9-6-8-13-12(15)14-11/h6,8-10H,2-5,7H2,1H3. The molecule has 0 spiro atoms. The fourth-order valence-electron chi connectivity index (χ4n) is 1.73. The van der Waals surface area contributed by atoms with Gasteiger partial charge < -0.3 is 0 Å². The molecule has 3 heteroatoms. The Balaban J connectivity index is 1.97. The summed E-state index contributed by atoms with van der Waals surface area (Å²) in [5.74, 6) is 0.808. The molecule has 0 saturated carbocycles. The van der Waals surface area contributed by atoms with Crippen LogP contribution in [-0.2, 0) is 6.42 Å². The number of aromatic nitrogens is 3. The van der Waals surface area contributed by atoms with Crippen molar-refractivity contribution in [1.82, 2.24) is 14.4 Å². The highest BCUT2D eigenvalue weighted by atomic mass is 15.1. The van der Waals surface area contributed by atoms with Crippen molar-refractivity contribution in [3.8, 4) is 0 Å². The van der Waals surface area contributed by atoms with E-state index in [0.717, 1.165) is 17.9 Å². The molecule has 2 aromatic rings. The Bertz CT molecular complexity index is 386. The summed E-state index contributed by atoms with van der Waals surface area (Å²) in [5, 5.41) is 0. The molecule has 0 aliphatic rings. The van der Waals surface area contributed by atoms with Gasteiger partial charge in [-0.25, -0.2) is 9.97 Å². The lowest BCUT2D eigenvalue weighted by atomic mass is 10.1. The number of hydrogen-bond acceptors (Lipinski definition) is 2. The average molecular weight is 203 g/mol. The molecule has 15 heavy (non-hydrogen) atoms. The Morgan fingerprint density at radius 3 is 3.00 bits per heavy atom. The topological polar surface area (TPSA) is 30.2 Å². The maximum absolute atomic E-state index is 4.46. The second-order valence-electron chi connectivity index (χ2n) is 3.87. The van der Waals surface area contributed by atoms with Gasteiger partial charge >= 0.3 is 0 Å². The minimum Gasteiger partial charge on any atom is -0.291 e. The number of aryl methyl sites for hydroxylation is 1.